The molecule has 15 heavy (non-hydrogen) atoms. The summed E-state index contributed by atoms with van der Waals surface area (Å²) in [5, 5.41) is 2.78. The number of hydrogen-bond donors (Lipinski definition) is 1. The molecular weight excluding hydrogens is 206 g/mol. The van der Waals surface area contributed by atoms with Crippen LogP contribution in [0.1, 0.15) is 19.4 Å². The van der Waals surface area contributed by atoms with Crippen LogP contribution in [-0.2, 0) is 4.79 Å². The molecule has 0 spiro atoms. The number of amides is 1. The highest BCUT2D eigenvalue weighted by Gasteiger charge is 2.12. The summed E-state index contributed by atoms with van der Waals surface area (Å²) in [7, 11) is 0. The maximum absolute atomic E-state index is 11.5. The first-order valence-electron chi connectivity index (χ1n) is 5.14. The lowest BCUT2D eigenvalue weighted by molar-refractivity contribution is -0.120. The minimum Gasteiger partial charge on any atom is -0.355 e. The van der Waals surface area contributed by atoms with Crippen molar-refractivity contribution in [1.29, 1.82) is 0 Å². The van der Waals surface area contributed by atoms with E-state index in [0.717, 1.165) is 4.90 Å². The molecule has 0 heterocycles. The summed E-state index contributed by atoms with van der Waals surface area (Å²) in [6.45, 7) is 6.61. The molecule has 0 aliphatic heterocycles. The van der Waals surface area contributed by atoms with E-state index in [1.165, 1.54) is 5.56 Å². The summed E-state index contributed by atoms with van der Waals surface area (Å²) in [4.78, 5) is 12.6. The van der Waals surface area contributed by atoms with Crippen molar-refractivity contribution in [2.45, 2.75) is 30.9 Å². The third-order valence-electron chi connectivity index (χ3n) is 2.05. The van der Waals surface area contributed by atoms with Gasteiger partial charge in [-0.25, -0.2) is 0 Å². The normalized spacial score (nSPS) is 12.2. The molecule has 0 fully saturated rings. The molecular formula is C12H17NOS. The zero-order valence-corrected chi connectivity index (χ0v) is 10.2. The predicted octanol–water partition coefficient (Wildman–Crippen LogP) is 2.61. The Balaban J connectivity index is 2.54. The van der Waals surface area contributed by atoms with Crippen LogP contribution < -0.4 is 5.32 Å². The third kappa shape index (κ3) is 3.96. The predicted molar refractivity (Wildman–Crippen MR) is 65.2 cm³/mol. The van der Waals surface area contributed by atoms with Crippen molar-refractivity contribution in [3.63, 3.8) is 0 Å². The number of aryl methyl sites for hydroxylation is 1. The minimum absolute atomic E-state index is 0.0346. The summed E-state index contributed by atoms with van der Waals surface area (Å²) in [5.41, 5.74) is 1.24. The van der Waals surface area contributed by atoms with Crippen molar-refractivity contribution < 1.29 is 4.79 Å². The lowest BCUT2D eigenvalue weighted by Gasteiger charge is -2.10. The van der Waals surface area contributed by atoms with Crippen LogP contribution >= 0.6 is 11.8 Å². The van der Waals surface area contributed by atoms with E-state index in [2.05, 4.69) is 36.5 Å². The first kappa shape index (κ1) is 12.1. The van der Waals surface area contributed by atoms with Crippen LogP contribution in [0.15, 0.2) is 29.2 Å². The number of benzene rings is 1. The van der Waals surface area contributed by atoms with Crippen LogP contribution in [0.2, 0.25) is 0 Å². The van der Waals surface area contributed by atoms with Gasteiger partial charge in [0.25, 0.3) is 0 Å². The van der Waals surface area contributed by atoms with Gasteiger partial charge in [-0.3, -0.25) is 4.79 Å². The van der Waals surface area contributed by atoms with Crippen molar-refractivity contribution in [1.82, 2.24) is 5.32 Å². The molecule has 0 aliphatic rings. The Bertz CT molecular complexity index is 321. The van der Waals surface area contributed by atoms with Gasteiger partial charge in [0.2, 0.25) is 5.91 Å². The summed E-state index contributed by atoms with van der Waals surface area (Å²) >= 11 is 1.59. The molecule has 1 rings (SSSR count). The Morgan fingerprint density at radius 1 is 1.40 bits per heavy atom. The van der Waals surface area contributed by atoms with Crippen LogP contribution in [0, 0.1) is 6.92 Å². The molecule has 0 aromatic heterocycles. The van der Waals surface area contributed by atoms with Gasteiger partial charge in [0, 0.05) is 11.4 Å². The molecule has 1 aromatic carbocycles. The molecule has 0 bridgehead atoms. The highest BCUT2D eigenvalue weighted by Crippen LogP contribution is 2.23. The highest BCUT2D eigenvalue weighted by atomic mass is 32.2. The number of thioether (sulfide) groups is 1. The van der Waals surface area contributed by atoms with Gasteiger partial charge in [0.1, 0.15) is 0 Å². The Labute approximate surface area is 95.5 Å². The van der Waals surface area contributed by atoms with E-state index in [4.69, 9.17) is 0 Å². The Morgan fingerprint density at radius 3 is 2.53 bits per heavy atom. The fourth-order valence-corrected chi connectivity index (χ4v) is 2.08. The number of hydrogen-bond acceptors (Lipinski definition) is 2. The molecule has 0 saturated heterocycles. The summed E-state index contributed by atoms with van der Waals surface area (Å²) in [6.07, 6.45) is 0. The fourth-order valence-electron chi connectivity index (χ4n) is 1.19. The lowest BCUT2D eigenvalue weighted by atomic mass is 10.2. The van der Waals surface area contributed by atoms with E-state index in [0.29, 0.717) is 6.54 Å². The molecule has 0 unspecified atom stereocenters. The summed E-state index contributed by atoms with van der Waals surface area (Å²) < 4.78 is 0. The highest BCUT2D eigenvalue weighted by molar-refractivity contribution is 8.00. The van der Waals surface area contributed by atoms with E-state index < -0.39 is 0 Å². The van der Waals surface area contributed by atoms with Crippen LogP contribution in [-0.4, -0.2) is 17.7 Å². The number of carbonyl (C=O) groups is 1. The monoisotopic (exact) mass is 223 g/mol. The number of rotatable bonds is 4. The van der Waals surface area contributed by atoms with Crippen molar-refractivity contribution in [3.05, 3.63) is 29.8 Å². The fraction of sp³-hybridized carbons (Fsp3) is 0.417. The maximum atomic E-state index is 11.5. The molecule has 2 nitrogen and oxygen atoms in total. The molecule has 0 saturated carbocycles. The number of carbonyl (C=O) groups excluding carboxylic acids is 1. The smallest absolute Gasteiger partial charge is 0.233 e. The van der Waals surface area contributed by atoms with Gasteiger partial charge in [0.15, 0.2) is 0 Å². The Hall–Kier alpha value is -0.960. The Kier molecular flexibility index (Phi) is 4.69. The molecule has 82 valence electrons. The van der Waals surface area contributed by atoms with Crippen molar-refractivity contribution in [2.24, 2.45) is 0 Å². The average molecular weight is 223 g/mol. The molecule has 0 aliphatic carbocycles. The summed E-state index contributed by atoms with van der Waals surface area (Å²) in [5.74, 6) is 0.100. The third-order valence-corrected chi connectivity index (χ3v) is 3.17. The second-order valence-corrected chi connectivity index (χ2v) is 4.88. The zero-order valence-electron chi connectivity index (χ0n) is 9.41. The minimum atomic E-state index is -0.0346. The zero-order chi connectivity index (χ0) is 11.3. The van der Waals surface area contributed by atoms with Gasteiger partial charge < -0.3 is 5.32 Å². The summed E-state index contributed by atoms with van der Waals surface area (Å²) in [6, 6.07) is 8.23. The van der Waals surface area contributed by atoms with Gasteiger partial charge in [-0.15, -0.1) is 11.8 Å². The Morgan fingerprint density at radius 2 is 2.00 bits per heavy atom. The second-order valence-electron chi connectivity index (χ2n) is 3.47. The SMILES string of the molecule is CCNC(=O)[C@H](C)Sc1ccc(C)cc1. The quantitative estimate of drug-likeness (QED) is 0.795. The van der Waals surface area contributed by atoms with Gasteiger partial charge in [-0.05, 0) is 32.9 Å². The van der Waals surface area contributed by atoms with E-state index in [9.17, 15) is 4.79 Å². The maximum Gasteiger partial charge on any atom is 0.233 e. The van der Waals surface area contributed by atoms with Crippen LogP contribution in [0.5, 0.6) is 0 Å². The van der Waals surface area contributed by atoms with Gasteiger partial charge in [0.05, 0.1) is 5.25 Å². The van der Waals surface area contributed by atoms with Crippen molar-refractivity contribution in [3.8, 4) is 0 Å². The van der Waals surface area contributed by atoms with Crippen LogP contribution in [0.25, 0.3) is 0 Å². The molecule has 1 amide bonds. The van der Waals surface area contributed by atoms with Crippen molar-refractivity contribution >= 4 is 17.7 Å². The van der Waals surface area contributed by atoms with Crippen molar-refractivity contribution in [2.75, 3.05) is 6.54 Å². The van der Waals surface area contributed by atoms with E-state index >= 15 is 0 Å². The standard InChI is InChI=1S/C12H17NOS/c1-4-13-12(14)10(3)15-11-7-5-9(2)6-8-11/h5-8,10H,4H2,1-3H3,(H,13,14)/t10-/m0/s1. The largest absolute Gasteiger partial charge is 0.355 e. The average Bonchev–Trinajstić information content (AvgIpc) is 2.22. The molecule has 1 aromatic rings. The number of nitrogens with one attached hydrogen (secondary N) is 1. The van der Waals surface area contributed by atoms with Gasteiger partial charge in [-0.2, -0.15) is 0 Å². The topological polar surface area (TPSA) is 29.1 Å². The van der Waals surface area contributed by atoms with Crippen LogP contribution in [0.3, 0.4) is 0 Å². The lowest BCUT2D eigenvalue weighted by Crippen LogP contribution is -2.30. The van der Waals surface area contributed by atoms with Crippen LogP contribution in [0.4, 0.5) is 0 Å². The molecule has 1 atom stereocenters. The van der Waals surface area contributed by atoms with E-state index in [1.54, 1.807) is 11.8 Å². The molecule has 3 heteroatoms. The van der Waals surface area contributed by atoms with Gasteiger partial charge >= 0.3 is 0 Å². The first-order valence-corrected chi connectivity index (χ1v) is 6.02. The molecule has 0 radical (unpaired) electrons. The van der Waals surface area contributed by atoms with Gasteiger partial charge in [-0.1, -0.05) is 17.7 Å². The second kappa shape index (κ2) is 5.81. The first-order chi connectivity index (χ1) is 7.13. The van der Waals surface area contributed by atoms with E-state index in [-0.39, 0.29) is 11.2 Å². The molecule has 1 N–H and O–H groups in total. The van der Waals surface area contributed by atoms with E-state index in [1.807, 2.05) is 13.8 Å².